The minimum atomic E-state index is 0.213. The van der Waals surface area contributed by atoms with Crippen molar-refractivity contribution in [1.82, 2.24) is 10.2 Å². The van der Waals surface area contributed by atoms with Crippen molar-refractivity contribution in [2.45, 2.75) is 13.5 Å². The normalized spacial score (nSPS) is 10.6. The zero-order valence-corrected chi connectivity index (χ0v) is 14.3. The number of halogens is 1. The summed E-state index contributed by atoms with van der Waals surface area (Å²) in [4.78, 5) is 0. The van der Waals surface area contributed by atoms with Gasteiger partial charge in [-0.05, 0) is 64.8 Å². The van der Waals surface area contributed by atoms with E-state index in [-0.39, 0.29) is 6.61 Å². The summed E-state index contributed by atoms with van der Waals surface area (Å²) in [7, 11) is 1.63. The van der Waals surface area contributed by atoms with Crippen molar-refractivity contribution in [1.29, 1.82) is 0 Å². The summed E-state index contributed by atoms with van der Waals surface area (Å²) in [6.45, 7) is 2.23. The van der Waals surface area contributed by atoms with E-state index in [4.69, 9.17) is 13.9 Å². The molecule has 0 spiro atoms. The van der Waals surface area contributed by atoms with Crippen LogP contribution in [0, 0.1) is 6.92 Å². The van der Waals surface area contributed by atoms with Crippen molar-refractivity contribution in [3.8, 4) is 23.0 Å². The first-order valence-corrected chi connectivity index (χ1v) is 7.81. The maximum atomic E-state index is 5.70. The number of nitrogens with zero attached hydrogens (tertiary/aromatic N) is 2. The zero-order valence-electron chi connectivity index (χ0n) is 12.7. The highest BCUT2D eigenvalue weighted by Crippen LogP contribution is 2.27. The summed E-state index contributed by atoms with van der Waals surface area (Å²) in [5.74, 6) is 2.39. The van der Waals surface area contributed by atoms with Gasteiger partial charge in [0.1, 0.15) is 11.5 Å². The molecule has 23 heavy (non-hydrogen) atoms. The Morgan fingerprint density at radius 1 is 1.09 bits per heavy atom. The van der Waals surface area contributed by atoms with E-state index in [1.54, 1.807) is 7.11 Å². The van der Waals surface area contributed by atoms with E-state index in [1.165, 1.54) is 0 Å². The van der Waals surface area contributed by atoms with Crippen LogP contribution in [0.5, 0.6) is 11.5 Å². The van der Waals surface area contributed by atoms with Crippen LogP contribution >= 0.6 is 15.9 Å². The third-order valence-corrected chi connectivity index (χ3v) is 3.86. The Balaban J connectivity index is 1.69. The van der Waals surface area contributed by atoms with E-state index in [0.29, 0.717) is 11.8 Å². The molecule has 0 fully saturated rings. The molecule has 118 valence electrons. The Labute approximate surface area is 142 Å². The molecule has 0 amide bonds. The number of rotatable bonds is 5. The predicted octanol–water partition coefficient (Wildman–Crippen LogP) is 4.40. The number of methoxy groups -OCH3 is 1. The molecule has 3 aromatic rings. The molecule has 0 atom stereocenters. The summed E-state index contributed by atoms with van der Waals surface area (Å²) in [6.07, 6.45) is 0. The number of hydrogen-bond acceptors (Lipinski definition) is 5. The van der Waals surface area contributed by atoms with Crippen molar-refractivity contribution in [3.63, 3.8) is 0 Å². The first-order valence-electron chi connectivity index (χ1n) is 7.01. The van der Waals surface area contributed by atoms with E-state index in [1.807, 2.05) is 49.4 Å². The molecule has 2 aromatic carbocycles. The summed E-state index contributed by atoms with van der Waals surface area (Å²) in [5, 5.41) is 8.05. The monoisotopic (exact) mass is 374 g/mol. The van der Waals surface area contributed by atoms with Crippen molar-refractivity contribution in [2.24, 2.45) is 0 Å². The second kappa shape index (κ2) is 6.83. The van der Waals surface area contributed by atoms with E-state index < -0.39 is 0 Å². The Hall–Kier alpha value is -2.34. The topological polar surface area (TPSA) is 57.4 Å². The number of hydrogen-bond donors (Lipinski definition) is 0. The molecule has 0 saturated carbocycles. The molecule has 0 aliphatic rings. The molecule has 0 saturated heterocycles. The molecule has 1 aromatic heterocycles. The lowest BCUT2D eigenvalue weighted by Crippen LogP contribution is -1.96. The van der Waals surface area contributed by atoms with Crippen LogP contribution in [0.3, 0.4) is 0 Å². The number of aromatic nitrogens is 2. The smallest absolute Gasteiger partial charge is 0.254 e. The molecule has 0 bridgehead atoms. The SMILES string of the molecule is COc1ccc(-c2nnc(COc3ccc(C)cc3Br)o2)cc1. The maximum Gasteiger partial charge on any atom is 0.254 e. The number of ether oxygens (including phenoxy) is 2. The van der Waals surface area contributed by atoms with Crippen molar-refractivity contribution >= 4 is 15.9 Å². The largest absolute Gasteiger partial charge is 0.497 e. The standard InChI is InChI=1S/C17H15BrN2O3/c1-11-3-8-15(14(18)9-11)22-10-16-19-20-17(23-16)12-4-6-13(21-2)7-5-12/h3-9H,10H2,1-2H3. The first-order chi connectivity index (χ1) is 11.2. The van der Waals surface area contributed by atoms with Gasteiger partial charge in [0, 0.05) is 5.56 Å². The van der Waals surface area contributed by atoms with Crippen molar-refractivity contribution < 1.29 is 13.9 Å². The molecule has 0 aliphatic carbocycles. The lowest BCUT2D eigenvalue weighted by Gasteiger charge is -2.06. The van der Waals surface area contributed by atoms with Crippen LogP contribution in [0.2, 0.25) is 0 Å². The summed E-state index contributed by atoms with van der Waals surface area (Å²) < 4.78 is 17.3. The van der Waals surface area contributed by atoms with Crippen LogP contribution in [-0.2, 0) is 6.61 Å². The van der Waals surface area contributed by atoms with Crippen LogP contribution in [0.25, 0.3) is 11.5 Å². The fourth-order valence-corrected chi connectivity index (χ4v) is 2.63. The van der Waals surface area contributed by atoms with E-state index >= 15 is 0 Å². The summed E-state index contributed by atoms with van der Waals surface area (Å²) in [6, 6.07) is 13.3. The van der Waals surface area contributed by atoms with Gasteiger partial charge in [0.15, 0.2) is 6.61 Å². The molecule has 5 nitrogen and oxygen atoms in total. The molecule has 3 rings (SSSR count). The van der Waals surface area contributed by atoms with Crippen molar-refractivity contribution in [2.75, 3.05) is 7.11 Å². The Morgan fingerprint density at radius 2 is 1.87 bits per heavy atom. The zero-order chi connectivity index (χ0) is 16.2. The fraction of sp³-hybridized carbons (Fsp3) is 0.176. The Bertz CT molecular complexity index is 800. The second-order valence-corrected chi connectivity index (χ2v) is 5.81. The quantitative estimate of drug-likeness (QED) is 0.662. The maximum absolute atomic E-state index is 5.70. The molecule has 0 aliphatic heterocycles. The molecule has 0 unspecified atom stereocenters. The van der Waals surface area contributed by atoms with Gasteiger partial charge in [0.05, 0.1) is 11.6 Å². The minimum absolute atomic E-state index is 0.213. The van der Waals surface area contributed by atoms with Gasteiger partial charge in [-0.2, -0.15) is 0 Å². The van der Waals surface area contributed by atoms with Gasteiger partial charge < -0.3 is 13.9 Å². The fourth-order valence-electron chi connectivity index (χ4n) is 2.02. The summed E-state index contributed by atoms with van der Waals surface area (Å²) >= 11 is 3.47. The highest BCUT2D eigenvalue weighted by Gasteiger charge is 2.10. The number of aryl methyl sites for hydroxylation is 1. The van der Waals surface area contributed by atoms with E-state index in [0.717, 1.165) is 27.1 Å². The minimum Gasteiger partial charge on any atom is -0.497 e. The molecule has 0 radical (unpaired) electrons. The average Bonchev–Trinajstić information content (AvgIpc) is 3.03. The van der Waals surface area contributed by atoms with Gasteiger partial charge >= 0.3 is 0 Å². The van der Waals surface area contributed by atoms with Crippen LogP contribution in [0.4, 0.5) is 0 Å². The molecule has 1 heterocycles. The van der Waals surface area contributed by atoms with Crippen LogP contribution in [0.1, 0.15) is 11.5 Å². The lowest BCUT2D eigenvalue weighted by atomic mass is 10.2. The van der Waals surface area contributed by atoms with Crippen molar-refractivity contribution in [3.05, 3.63) is 58.4 Å². The molecule has 6 heteroatoms. The Kier molecular flexibility index (Phi) is 4.62. The second-order valence-electron chi connectivity index (χ2n) is 4.95. The molecular formula is C17H15BrN2O3. The predicted molar refractivity (Wildman–Crippen MR) is 89.5 cm³/mol. The third-order valence-electron chi connectivity index (χ3n) is 3.24. The van der Waals surface area contributed by atoms with Crippen LogP contribution in [-0.4, -0.2) is 17.3 Å². The lowest BCUT2D eigenvalue weighted by molar-refractivity contribution is 0.263. The summed E-state index contributed by atoms with van der Waals surface area (Å²) in [5.41, 5.74) is 1.99. The average molecular weight is 375 g/mol. The van der Waals surface area contributed by atoms with Gasteiger partial charge in [0.25, 0.3) is 5.89 Å². The number of benzene rings is 2. The highest BCUT2D eigenvalue weighted by atomic mass is 79.9. The molecular weight excluding hydrogens is 360 g/mol. The van der Waals surface area contributed by atoms with Gasteiger partial charge in [-0.15, -0.1) is 10.2 Å². The van der Waals surface area contributed by atoms with Gasteiger partial charge in [-0.3, -0.25) is 0 Å². The van der Waals surface area contributed by atoms with Gasteiger partial charge in [-0.1, -0.05) is 6.07 Å². The first kappa shape index (κ1) is 15.6. The van der Waals surface area contributed by atoms with Gasteiger partial charge in [-0.25, -0.2) is 0 Å². The van der Waals surface area contributed by atoms with E-state index in [2.05, 4.69) is 26.1 Å². The molecule has 0 N–H and O–H groups in total. The van der Waals surface area contributed by atoms with Crippen LogP contribution < -0.4 is 9.47 Å². The Morgan fingerprint density at radius 3 is 2.57 bits per heavy atom. The van der Waals surface area contributed by atoms with Gasteiger partial charge in [0.2, 0.25) is 5.89 Å². The third kappa shape index (κ3) is 3.71. The highest BCUT2D eigenvalue weighted by molar-refractivity contribution is 9.10. The van der Waals surface area contributed by atoms with E-state index in [9.17, 15) is 0 Å². The van der Waals surface area contributed by atoms with Crippen LogP contribution in [0.15, 0.2) is 51.4 Å².